The van der Waals surface area contributed by atoms with Crippen LogP contribution in [0.2, 0.25) is 0 Å². The fourth-order valence-corrected chi connectivity index (χ4v) is 0.457. The van der Waals surface area contributed by atoms with Crippen molar-refractivity contribution in [1.82, 2.24) is 0 Å². The van der Waals surface area contributed by atoms with Crippen LogP contribution in [-0.4, -0.2) is 18.9 Å². The maximum absolute atomic E-state index is 10.2. The van der Waals surface area contributed by atoms with Crippen LogP contribution < -0.4 is 0 Å². The van der Waals surface area contributed by atoms with E-state index in [0.29, 0.717) is 13.0 Å². The lowest BCUT2D eigenvalue weighted by Gasteiger charge is -2.02. The summed E-state index contributed by atoms with van der Waals surface area (Å²) >= 11 is 0. The fraction of sp³-hybridized carbons (Fsp3) is 0.714. The van der Waals surface area contributed by atoms with Crippen molar-refractivity contribution >= 4 is 12.3 Å². The maximum Gasteiger partial charge on any atom is 0.302 e. The molecule has 0 aliphatic heterocycles. The van der Waals surface area contributed by atoms with E-state index in [0.717, 1.165) is 6.29 Å². The van der Waals surface area contributed by atoms with Gasteiger partial charge in [-0.3, -0.25) is 4.79 Å². The number of hydrogen-bond acceptors (Lipinski definition) is 3. The molecular weight excluding hydrogens is 132 g/mol. The van der Waals surface area contributed by atoms with E-state index in [1.807, 2.05) is 0 Å². The number of esters is 1. The van der Waals surface area contributed by atoms with E-state index < -0.39 is 0 Å². The Morgan fingerprint density at radius 2 is 2.30 bits per heavy atom. The van der Waals surface area contributed by atoms with Crippen LogP contribution >= 0.6 is 0 Å². The third kappa shape index (κ3) is 5.28. The molecule has 3 heteroatoms. The molecule has 0 saturated heterocycles. The molecular formula is C7H12O3. The van der Waals surface area contributed by atoms with Crippen LogP contribution in [0, 0.1) is 5.92 Å². The summed E-state index contributed by atoms with van der Waals surface area (Å²) in [6, 6.07) is 0. The van der Waals surface area contributed by atoms with Crippen LogP contribution in [0.15, 0.2) is 0 Å². The normalized spacial score (nSPS) is 12.2. The van der Waals surface area contributed by atoms with Crippen LogP contribution in [0.3, 0.4) is 0 Å². The van der Waals surface area contributed by atoms with Gasteiger partial charge in [-0.15, -0.1) is 0 Å². The number of carbonyl (C=O) groups excluding carboxylic acids is 2. The van der Waals surface area contributed by atoms with Gasteiger partial charge in [-0.2, -0.15) is 0 Å². The Morgan fingerprint density at radius 3 is 2.70 bits per heavy atom. The van der Waals surface area contributed by atoms with Gasteiger partial charge in [0.15, 0.2) is 0 Å². The third-order valence-electron chi connectivity index (χ3n) is 1.11. The van der Waals surface area contributed by atoms with E-state index in [4.69, 9.17) is 0 Å². The Kier molecular flexibility index (Phi) is 4.54. The van der Waals surface area contributed by atoms with Gasteiger partial charge in [0.2, 0.25) is 0 Å². The van der Waals surface area contributed by atoms with Gasteiger partial charge in [-0.1, -0.05) is 6.92 Å². The Bertz CT molecular complexity index is 120. The van der Waals surface area contributed by atoms with Crippen molar-refractivity contribution in [2.75, 3.05) is 6.61 Å². The maximum atomic E-state index is 10.2. The number of rotatable bonds is 4. The monoisotopic (exact) mass is 144 g/mol. The predicted octanol–water partition coefficient (Wildman–Crippen LogP) is 0.775. The SMILES string of the molecule is CC(=O)OCCC(C)C=O. The molecule has 0 aliphatic rings. The van der Waals surface area contributed by atoms with Crippen LogP contribution in [-0.2, 0) is 14.3 Å². The highest BCUT2D eigenvalue weighted by Crippen LogP contribution is 1.96. The van der Waals surface area contributed by atoms with Crippen LogP contribution in [0.25, 0.3) is 0 Å². The number of ether oxygens (including phenoxy) is 1. The van der Waals surface area contributed by atoms with E-state index in [2.05, 4.69) is 4.74 Å². The first-order chi connectivity index (χ1) is 4.66. The summed E-state index contributed by atoms with van der Waals surface area (Å²) in [4.78, 5) is 20.2. The van der Waals surface area contributed by atoms with Crippen molar-refractivity contribution in [3.05, 3.63) is 0 Å². The Morgan fingerprint density at radius 1 is 1.70 bits per heavy atom. The molecule has 0 rings (SSSR count). The highest BCUT2D eigenvalue weighted by Gasteiger charge is 1.99. The summed E-state index contributed by atoms with van der Waals surface area (Å²) < 4.78 is 4.62. The van der Waals surface area contributed by atoms with Crippen molar-refractivity contribution in [1.29, 1.82) is 0 Å². The van der Waals surface area contributed by atoms with E-state index in [1.165, 1.54) is 6.92 Å². The molecule has 0 amide bonds. The second-order valence-corrected chi connectivity index (χ2v) is 2.24. The fourth-order valence-electron chi connectivity index (χ4n) is 0.457. The largest absolute Gasteiger partial charge is 0.466 e. The molecule has 1 unspecified atom stereocenters. The molecule has 3 nitrogen and oxygen atoms in total. The highest BCUT2D eigenvalue weighted by molar-refractivity contribution is 5.65. The van der Waals surface area contributed by atoms with Gasteiger partial charge < -0.3 is 9.53 Å². The molecule has 0 heterocycles. The lowest BCUT2D eigenvalue weighted by Crippen LogP contribution is -2.05. The molecule has 0 radical (unpaired) electrons. The second kappa shape index (κ2) is 4.97. The minimum Gasteiger partial charge on any atom is -0.466 e. The number of aldehydes is 1. The van der Waals surface area contributed by atoms with Gasteiger partial charge in [-0.25, -0.2) is 0 Å². The van der Waals surface area contributed by atoms with Crippen molar-refractivity contribution < 1.29 is 14.3 Å². The van der Waals surface area contributed by atoms with Crippen molar-refractivity contribution in [3.8, 4) is 0 Å². The molecule has 10 heavy (non-hydrogen) atoms. The molecule has 0 aliphatic carbocycles. The Balaban J connectivity index is 3.19. The van der Waals surface area contributed by atoms with Gasteiger partial charge in [0.05, 0.1) is 6.61 Å². The topological polar surface area (TPSA) is 43.4 Å². The quantitative estimate of drug-likeness (QED) is 0.432. The molecule has 0 aromatic rings. The summed E-state index contributed by atoms with van der Waals surface area (Å²) in [6.45, 7) is 3.48. The zero-order valence-corrected chi connectivity index (χ0v) is 6.29. The zero-order chi connectivity index (χ0) is 7.98. The third-order valence-corrected chi connectivity index (χ3v) is 1.11. The summed E-state index contributed by atoms with van der Waals surface area (Å²) in [5.74, 6) is -0.308. The average Bonchev–Trinajstić information content (AvgIpc) is 1.87. The number of carbonyl (C=O) groups is 2. The first kappa shape index (κ1) is 9.14. The van der Waals surface area contributed by atoms with Crippen LogP contribution in [0.5, 0.6) is 0 Å². The van der Waals surface area contributed by atoms with Crippen molar-refractivity contribution in [3.63, 3.8) is 0 Å². The van der Waals surface area contributed by atoms with Gasteiger partial charge in [0.25, 0.3) is 0 Å². The minimum atomic E-state index is -0.293. The summed E-state index contributed by atoms with van der Waals surface area (Å²) in [5, 5.41) is 0. The molecule has 0 N–H and O–H groups in total. The predicted molar refractivity (Wildman–Crippen MR) is 36.5 cm³/mol. The molecule has 0 spiro atoms. The molecule has 1 atom stereocenters. The first-order valence-electron chi connectivity index (χ1n) is 3.25. The van der Waals surface area contributed by atoms with E-state index in [-0.39, 0.29) is 11.9 Å². The van der Waals surface area contributed by atoms with Gasteiger partial charge >= 0.3 is 5.97 Å². The molecule has 0 bridgehead atoms. The van der Waals surface area contributed by atoms with Gasteiger partial charge in [0, 0.05) is 12.8 Å². The molecule has 0 fully saturated rings. The summed E-state index contributed by atoms with van der Waals surface area (Å²) in [5.41, 5.74) is 0. The Hall–Kier alpha value is -0.860. The Labute approximate surface area is 60.4 Å². The van der Waals surface area contributed by atoms with E-state index >= 15 is 0 Å². The van der Waals surface area contributed by atoms with Gasteiger partial charge in [0.1, 0.15) is 6.29 Å². The second-order valence-electron chi connectivity index (χ2n) is 2.24. The minimum absolute atomic E-state index is 0.0145. The van der Waals surface area contributed by atoms with Crippen LogP contribution in [0.1, 0.15) is 20.3 Å². The molecule has 0 aromatic heterocycles. The van der Waals surface area contributed by atoms with Crippen molar-refractivity contribution in [2.45, 2.75) is 20.3 Å². The first-order valence-corrected chi connectivity index (χ1v) is 3.25. The highest BCUT2D eigenvalue weighted by atomic mass is 16.5. The smallest absolute Gasteiger partial charge is 0.302 e. The van der Waals surface area contributed by atoms with E-state index in [1.54, 1.807) is 6.92 Å². The summed E-state index contributed by atoms with van der Waals surface area (Å²) in [6.07, 6.45) is 1.46. The average molecular weight is 144 g/mol. The van der Waals surface area contributed by atoms with Crippen molar-refractivity contribution in [2.24, 2.45) is 5.92 Å². The lowest BCUT2D eigenvalue weighted by atomic mass is 10.1. The summed E-state index contributed by atoms with van der Waals surface area (Å²) in [7, 11) is 0. The molecule has 0 aromatic carbocycles. The molecule has 58 valence electrons. The standard InChI is InChI=1S/C7H12O3/c1-6(5-8)3-4-10-7(2)9/h5-6H,3-4H2,1-2H3. The molecule has 0 saturated carbocycles. The number of hydrogen-bond donors (Lipinski definition) is 0. The zero-order valence-electron chi connectivity index (χ0n) is 6.29. The van der Waals surface area contributed by atoms with E-state index in [9.17, 15) is 9.59 Å². The van der Waals surface area contributed by atoms with Crippen LogP contribution in [0.4, 0.5) is 0 Å². The lowest BCUT2D eigenvalue weighted by molar-refractivity contribution is -0.141. The van der Waals surface area contributed by atoms with Gasteiger partial charge in [-0.05, 0) is 6.42 Å².